The maximum atomic E-state index is 13.9. The molecule has 0 saturated carbocycles. The van der Waals surface area contributed by atoms with Crippen molar-refractivity contribution in [3.05, 3.63) is 62.4 Å². The summed E-state index contributed by atoms with van der Waals surface area (Å²) >= 11 is 16.7. The lowest BCUT2D eigenvalue weighted by Crippen LogP contribution is -2.07. The van der Waals surface area contributed by atoms with Gasteiger partial charge in [0.2, 0.25) is 0 Å². The molecule has 0 fully saturated rings. The molecule has 3 aromatic rings. The SMILES string of the molecule is Fc1cccc(F)c1-c1nn(-c2c(Cl)cc(C(F)(F)F)cc2Cl)c(=S)o1. The second-order valence-corrected chi connectivity index (χ2v) is 6.13. The molecule has 0 saturated heterocycles. The van der Waals surface area contributed by atoms with E-state index in [1.165, 1.54) is 0 Å². The monoisotopic (exact) mass is 426 g/mol. The van der Waals surface area contributed by atoms with Crippen LogP contribution in [0.4, 0.5) is 22.0 Å². The van der Waals surface area contributed by atoms with Gasteiger partial charge in [-0.15, -0.1) is 5.10 Å². The molecule has 0 unspecified atom stereocenters. The first-order chi connectivity index (χ1) is 12.1. The highest BCUT2D eigenvalue weighted by Crippen LogP contribution is 2.38. The van der Waals surface area contributed by atoms with Crippen molar-refractivity contribution in [1.82, 2.24) is 9.78 Å². The lowest BCUT2D eigenvalue weighted by atomic mass is 10.2. The molecule has 3 nitrogen and oxygen atoms in total. The van der Waals surface area contributed by atoms with Crippen LogP contribution in [-0.2, 0) is 6.18 Å². The van der Waals surface area contributed by atoms with E-state index >= 15 is 0 Å². The normalized spacial score (nSPS) is 11.8. The van der Waals surface area contributed by atoms with Crippen LogP contribution >= 0.6 is 35.4 Å². The lowest BCUT2D eigenvalue weighted by Gasteiger charge is -2.11. The molecule has 11 heteroatoms. The molecule has 0 atom stereocenters. The molecular weight excluding hydrogens is 422 g/mol. The Kier molecular flexibility index (Phi) is 4.80. The highest BCUT2D eigenvalue weighted by Gasteiger charge is 2.32. The first-order valence-corrected chi connectivity index (χ1v) is 7.87. The molecule has 0 aliphatic rings. The van der Waals surface area contributed by atoms with Gasteiger partial charge in [-0.25, -0.2) is 8.78 Å². The molecule has 26 heavy (non-hydrogen) atoms. The van der Waals surface area contributed by atoms with Gasteiger partial charge in [0.1, 0.15) is 22.9 Å². The Morgan fingerprint density at radius 1 is 1.04 bits per heavy atom. The minimum atomic E-state index is -4.67. The van der Waals surface area contributed by atoms with Crippen LogP contribution in [0.3, 0.4) is 0 Å². The van der Waals surface area contributed by atoms with E-state index in [9.17, 15) is 22.0 Å². The predicted octanol–water partition coefficient (Wildman–Crippen LogP) is 6.47. The maximum Gasteiger partial charge on any atom is 0.416 e. The van der Waals surface area contributed by atoms with Gasteiger partial charge in [-0.05, 0) is 36.5 Å². The highest BCUT2D eigenvalue weighted by molar-refractivity contribution is 7.71. The van der Waals surface area contributed by atoms with Crippen LogP contribution in [-0.4, -0.2) is 9.78 Å². The van der Waals surface area contributed by atoms with Gasteiger partial charge in [-0.1, -0.05) is 29.3 Å². The van der Waals surface area contributed by atoms with E-state index < -0.39 is 49.7 Å². The summed E-state index contributed by atoms with van der Waals surface area (Å²) in [5, 5.41) is 2.96. The molecule has 136 valence electrons. The third-order valence-corrected chi connectivity index (χ3v) is 4.11. The van der Waals surface area contributed by atoms with Gasteiger partial charge in [0.15, 0.2) is 0 Å². The molecular formula is C15H5Cl2F5N2OS. The van der Waals surface area contributed by atoms with Crippen LogP contribution in [0.25, 0.3) is 17.1 Å². The van der Waals surface area contributed by atoms with E-state index in [2.05, 4.69) is 5.10 Å². The average molecular weight is 427 g/mol. The van der Waals surface area contributed by atoms with E-state index in [0.717, 1.165) is 22.9 Å². The van der Waals surface area contributed by atoms with E-state index in [1.54, 1.807) is 0 Å². The standard InChI is InChI=1S/C15H5Cl2F5N2OS/c16-7-4-6(15(20,21)22)5-8(17)12(7)24-14(26)25-13(23-24)11-9(18)2-1-3-10(11)19/h1-5H. The van der Waals surface area contributed by atoms with Crippen molar-refractivity contribution in [2.24, 2.45) is 0 Å². The molecule has 1 aromatic heterocycles. The van der Waals surface area contributed by atoms with Crippen molar-refractivity contribution in [3.63, 3.8) is 0 Å². The van der Waals surface area contributed by atoms with Crippen LogP contribution in [0.1, 0.15) is 5.56 Å². The van der Waals surface area contributed by atoms with Crippen molar-refractivity contribution < 1.29 is 26.4 Å². The van der Waals surface area contributed by atoms with Crippen LogP contribution < -0.4 is 0 Å². The molecule has 0 N–H and O–H groups in total. The zero-order valence-electron chi connectivity index (χ0n) is 12.2. The number of nitrogens with zero attached hydrogens (tertiary/aromatic N) is 2. The largest absolute Gasteiger partial charge is 0.416 e. The number of hydrogen-bond acceptors (Lipinski definition) is 3. The van der Waals surface area contributed by atoms with Crippen LogP contribution in [0.5, 0.6) is 0 Å². The number of hydrogen-bond donors (Lipinski definition) is 0. The summed E-state index contributed by atoms with van der Waals surface area (Å²) in [5.41, 5.74) is -1.87. The van der Waals surface area contributed by atoms with Crippen molar-refractivity contribution >= 4 is 35.4 Å². The van der Waals surface area contributed by atoms with Crippen LogP contribution in [0.15, 0.2) is 34.7 Å². The summed E-state index contributed by atoms with van der Waals surface area (Å²) in [6.45, 7) is 0. The number of benzene rings is 2. The smallest absolute Gasteiger partial charge is 0.409 e. The Bertz CT molecular complexity index is 1020. The Morgan fingerprint density at radius 2 is 1.58 bits per heavy atom. The Labute approximate surface area is 157 Å². The first kappa shape index (κ1) is 18.8. The number of rotatable bonds is 2. The van der Waals surface area contributed by atoms with Crippen molar-refractivity contribution in [1.29, 1.82) is 0 Å². The van der Waals surface area contributed by atoms with Crippen molar-refractivity contribution in [2.75, 3.05) is 0 Å². The minimum Gasteiger partial charge on any atom is -0.409 e. The second-order valence-electron chi connectivity index (χ2n) is 4.97. The third-order valence-electron chi connectivity index (χ3n) is 3.28. The highest BCUT2D eigenvalue weighted by atomic mass is 35.5. The molecule has 3 rings (SSSR count). The summed E-state index contributed by atoms with van der Waals surface area (Å²) in [4.78, 5) is -0.411. The first-order valence-electron chi connectivity index (χ1n) is 6.70. The second kappa shape index (κ2) is 6.64. The Morgan fingerprint density at radius 3 is 2.08 bits per heavy atom. The topological polar surface area (TPSA) is 31.0 Å². The minimum absolute atomic E-state index is 0.210. The van der Waals surface area contributed by atoms with Gasteiger partial charge < -0.3 is 4.42 Å². The van der Waals surface area contributed by atoms with Gasteiger partial charge in [0.05, 0.1) is 15.6 Å². The average Bonchev–Trinajstić information content (AvgIpc) is 2.87. The van der Waals surface area contributed by atoms with Gasteiger partial charge >= 0.3 is 6.18 Å². The number of alkyl halides is 3. The molecule has 0 spiro atoms. The zero-order valence-corrected chi connectivity index (χ0v) is 14.6. The van der Waals surface area contributed by atoms with E-state index in [1.807, 2.05) is 0 Å². The van der Waals surface area contributed by atoms with E-state index in [4.69, 9.17) is 39.8 Å². The summed E-state index contributed by atoms with van der Waals surface area (Å²) in [7, 11) is 0. The van der Waals surface area contributed by atoms with Gasteiger partial charge in [0.25, 0.3) is 10.7 Å². The predicted molar refractivity (Wildman–Crippen MR) is 87.0 cm³/mol. The zero-order chi connectivity index (χ0) is 19.2. The number of aromatic nitrogens is 2. The molecule has 0 aliphatic heterocycles. The van der Waals surface area contributed by atoms with Gasteiger partial charge in [-0.3, -0.25) is 0 Å². The van der Waals surface area contributed by atoms with Crippen molar-refractivity contribution in [2.45, 2.75) is 6.18 Å². The molecule has 0 amide bonds. The van der Waals surface area contributed by atoms with Crippen molar-refractivity contribution in [3.8, 4) is 17.1 Å². The third kappa shape index (κ3) is 3.34. The van der Waals surface area contributed by atoms with E-state index in [0.29, 0.717) is 12.1 Å². The van der Waals surface area contributed by atoms with Gasteiger partial charge in [-0.2, -0.15) is 17.9 Å². The lowest BCUT2D eigenvalue weighted by molar-refractivity contribution is -0.137. The molecule has 0 bridgehead atoms. The maximum absolute atomic E-state index is 13.9. The summed E-state index contributed by atoms with van der Waals surface area (Å²) in [6.07, 6.45) is -4.67. The Balaban J connectivity index is 2.19. The molecule has 0 aliphatic carbocycles. The van der Waals surface area contributed by atoms with Crippen LogP contribution in [0, 0.1) is 16.5 Å². The summed E-state index contributed by atoms with van der Waals surface area (Å²) in [5.74, 6) is -2.44. The molecule has 0 radical (unpaired) electrons. The summed E-state index contributed by atoms with van der Waals surface area (Å²) < 4.78 is 72.0. The van der Waals surface area contributed by atoms with Crippen LogP contribution in [0.2, 0.25) is 10.0 Å². The van der Waals surface area contributed by atoms with Gasteiger partial charge in [0, 0.05) is 0 Å². The fraction of sp³-hybridized carbons (Fsp3) is 0.0667. The summed E-state index contributed by atoms with van der Waals surface area (Å²) in [6, 6.07) is 4.36. The fourth-order valence-electron chi connectivity index (χ4n) is 2.15. The molecule has 2 aromatic carbocycles. The quantitative estimate of drug-likeness (QED) is 0.347. The number of halogens is 7. The molecule has 1 heterocycles. The van der Waals surface area contributed by atoms with E-state index in [-0.39, 0.29) is 5.69 Å². The fourth-order valence-corrected chi connectivity index (χ4v) is 3.01. The Hall–Kier alpha value is -1.97.